The number of hydrogen-bond acceptors (Lipinski definition) is 6. The van der Waals surface area contributed by atoms with Crippen LogP contribution in [0.3, 0.4) is 0 Å². The van der Waals surface area contributed by atoms with Crippen LogP contribution in [-0.2, 0) is 12.8 Å². The van der Waals surface area contributed by atoms with Crippen LogP contribution in [0.2, 0.25) is 0 Å². The monoisotopic (exact) mass is 487 g/mol. The van der Waals surface area contributed by atoms with E-state index in [1.807, 2.05) is 17.2 Å². The summed E-state index contributed by atoms with van der Waals surface area (Å²) >= 11 is 0. The van der Waals surface area contributed by atoms with E-state index in [0.29, 0.717) is 31.3 Å². The first-order valence-corrected chi connectivity index (χ1v) is 11.1. The molecule has 1 fully saturated rings. The lowest BCUT2D eigenvalue weighted by atomic mass is 9.97. The number of piperidine rings is 1. The number of methoxy groups -OCH3 is 1. The van der Waals surface area contributed by atoms with Crippen molar-refractivity contribution in [3.8, 4) is 17.5 Å². The molecule has 1 aliphatic heterocycles. The van der Waals surface area contributed by atoms with E-state index in [9.17, 15) is 22.0 Å². The lowest BCUT2D eigenvalue weighted by Crippen LogP contribution is -2.42. The molecule has 4 rings (SSSR count). The topological polar surface area (TPSA) is 56.7 Å². The molecule has 0 bridgehead atoms. The molecule has 0 spiro atoms. The lowest BCUT2D eigenvalue weighted by Gasteiger charge is -2.34. The largest absolute Gasteiger partial charge is 0.483 e. The van der Waals surface area contributed by atoms with Gasteiger partial charge in [-0.15, -0.1) is 0 Å². The quantitative estimate of drug-likeness (QED) is 0.497. The van der Waals surface area contributed by atoms with E-state index >= 15 is 0 Å². The Morgan fingerprint density at radius 3 is 2.35 bits per heavy atom. The summed E-state index contributed by atoms with van der Waals surface area (Å²) < 4.78 is 80.2. The normalized spacial score (nSPS) is 16.9. The van der Waals surface area contributed by atoms with Gasteiger partial charge in [-0.05, 0) is 49.1 Å². The molecule has 186 valence electrons. The number of pyridine rings is 2. The summed E-state index contributed by atoms with van der Waals surface area (Å²) in [5.74, 6) is -4.04. The molecular formula is C23H26F5N3O3. The summed E-state index contributed by atoms with van der Waals surface area (Å²) in [4.78, 5) is 10.1. The Bertz CT molecular complexity index is 994. The number of alkyl halides is 5. The second kappa shape index (κ2) is 9.79. The number of ether oxygens (including phenoxy) is 3. The second-order valence-electron chi connectivity index (χ2n) is 8.57. The Hall–Kier alpha value is -2.85. The molecule has 0 N–H and O–H groups in total. The molecule has 0 aromatic carbocycles. The summed E-state index contributed by atoms with van der Waals surface area (Å²) in [5, 5.41) is 0. The van der Waals surface area contributed by atoms with Crippen LogP contribution in [0.25, 0.3) is 0 Å². The van der Waals surface area contributed by atoms with Crippen LogP contribution >= 0.6 is 0 Å². The average Bonchev–Trinajstić information content (AvgIpc) is 3.29. The van der Waals surface area contributed by atoms with Crippen molar-refractivity contribution in [2.45, 2.75) is 44.2 Å². The molecule has 1 aliphatic carbocycles. The molecule has 0 atom stereocenters. The van der Waals surface area contributed by atoms with Crippen molar-refractivity contribution < 1.29 is 36.2 Å². The maximum absolute atomic E-state index is 13.4. The molecule has 0 saturated carbocycles. The Kier molecular flexibility index (Phi) is 6.99. The molecule has 2 aromatic heterocycles. The molecule has 0 amide bonds. The van der Waals surface area contributed by atoms with Crippen molar-refractivity contribution in [3.63, 3.8) is 0 Å². The minimum atomic E-state index is -5.70. The van der Waals surface area contributed by atoms with Gasteiger partial charge in [-0.25, -0.2) is 9.97 Å². The fourth-order valence-electron chi connectivity index (χ4n) is 4.19. The number of halogens is 5. The van der Waals surface area contributed by atoms with Gasteiger partial charge in [0.2, 0.25) is 11.8 Å². The number of aromatic nitrogens is 2. The van der Waals surface area contributed by atoms with E-state index in [2.05, 4.69) is 9.97 Å². The van der Waals surface area contributed by atoms with Gasteiger partial charge in [-0.1, -0.05) is 0 Å². The number of nitrogens with zero attached hydrogens (tertiary/aromatic N) is 3. The fraction of sp³-hybridized carbons (Fsp3) is 0.565. The van der Waals surface area contributed by atoms with Crippen molar-refractivity contribution in [1.82, 2.24) is 9.97 Å². The zero-order valence-electron chi connectivity index (χ0n) is 18.7. The van der Waals surface area contributed by atoms with Crippen LogP contribution in [0.5, 0.6) is 17.5 Å². The Labute approximate surface area is 194 Å². The zero-order valence-corrected chi connectivity index (χ0v) is 18.7. The number of aryl methyl sites for hydroxylation is 2. The number of hydrogen-bond donors (Lipinski definition) is 0. The summed E-state index contributed by atoms with van der Waals surface area (Å²) in [5.41, 5.74) is 2.93. The molecular weight excluding hydrogens is 461 g/mol. The third kappa shape index (κ3) is 5.44. The minimum Gasteiger partial charge on any atom is -0.483 e. The first-order chi connectivity index (χ1) is 16.2. The number of fused-ring (bicyclic) bond motifs is 1. The van der Waals surface area contributed by atoms with E-state index < -0.39 is 18.7 Å². The van der Waals surface area contributed by atoms with Gasteiger partial charge in [-0.2, -0.15) is 22.0 Å². The summed E-state index contributed by atoms with van der Waals surface area (Å²) in [6, 6.07) is 3.48. The molecule has 34 heavy (non-hydrogen) atoms. The number of rotatable bonds is 8. The SMILES string of the molecule is COc1cc(N2CCC(COc3cc4c(cn3)CCC4)CC2)c(OCC(F)(F)C(F)(F)F)cn1. The average molecular weight is 487 g/mol. The molecule has 2 aliphatic rings. The summed E-state index contributed by atoms with van der Waals surface area (Å²) in [7, 11) is 1.39. The van der Waals surface area contributed by atoms with Crippen molar-refractivity contribution in [2.24, 2.45) is 5.92 Å². The summed E-state index contributed by atoms with van der Waals surface area (Å²) in [6.45, 7) is -0.230. The highest BCUT2D eigenvalue weighted by Crippen LogP contribution is 2.38. The van der Waals surface area contributed by atoms with Crippen LogP contribution in [0, 0.1) is 5.92 Å². The Morgan fingerprint density at radius 2 is 1.65 bits per heavy atom. The Morgan fingerprint density at radius 1 is 0.941 bits per heavy atom. The molecule has 3 heterocycles. The van der Waals surface area contributed by atoms with Crippen LogP contribution < -0.4 is 19.1 Å². The predicted octanol–water partition coefficient (Wildman–Crippen LogP) is 4.85. The molecule has 2 aromatic rings. The van der Waals surface area contributed by atoms with Gasteiger partial charge in [0.15, 0.2) is 12.4 Å². The maximum atomic E-state index is 13.4. The van der Waals surface area contributed by atoms with Gasteiger partial charge in [0, 0.05) is 31.4 Å². The predicted molar refractivity (Wildman–Crippen MR) is 114 cm³/mol. The zero-order chi connectivity index (χ0) is 24.3. The van der Waals surface area contributed by atoms with E-state index in [1.54, 1.807) is 0 Å². The minimum absolute atomic E-state index is 0.151. The summed E-state index contributed by atoms with van der Waals surface area (Å²) in [6.07, 6.45) is 2.01. The van der Waals surface area contributed by atoms with E-state index in [-0.39, 0.29) is 17.5 Å². The van der Waals surface area contributed by atoms with Crippen molar-refractivity contribution in [2.75, 3.05) is 38.3 Å². The van der Waals surface area contributed by atoms with Gasteiger partial charge in [0.25, 0.3) is 0 Å². The van der Waals surface area contributed by atoms with Crippen molar-refractivity contribution in [3.05, 3.63) is 35.7 Å². The first-order valence-electron chi connectivity index (χ1n) is 11.1. The third-order valence-corrected chi connectivity index (χ3v) is 6.23. The van der Waals surface area contributed by atoms with E-state index in [0.717, 1.165) is 38.3 Å². The second-order valence-corrected chi connectivity index (χ2v) is 8.57. The molecule has 11 heteroatoms. The van der Waals surface area contributed by atoms with Gasteiger partial charge >= 0.3 is 12.1 Å². The molecule has 6 nitrogen and oxygen atoms in total. The van der Waals surface area contributed by atoms with E-state index in [1.165, 1.54) is 24.3 Å². The lowest BCUT2D eigenvalue weighted by molar-refractivity contribution is -0.289. The molecule has 0 unspecified atom stereocenters. The molecule has 0 radical (unpaired) electrons. The van der Waals surface area contributed by atoms with Gasteiger partial charge in [0.1, 0.15) is 0 Å². The van der Waals surface area contributed by atoms with Gasteiger partial charge < -0.3 is 19.1 Å². The van der Waals surface area contributed by atoms with Crippen LogP contribution in [0.1, 0.15) is 30.4 Å². The van der Waals surface area contributed by atoms with Crippen LogP contribution in [0.4, 0.5) is 27.6 Å². The van der Waals surface area contributed by atoms with Gasteiger partial charge in [-0.3, -0.25) is 0 Å². The van der Waals surface area contributed by atoms with Crippen molar-refractivity contribution in [1.29, 1.82) is 0 Å². The standard InChI is InChI=1S/C23H26F5N3O3/c1-32-20-10-18(19(12-30-20)34-14-22(24,25)23(26,27)28)31-7-5-15(6-8-31)13-33-21-9-16-3-2-4-17(16)11-29-21/h9-12,15H,2-8,13-14H2,1H3. The smallest absolute Gasteiger partial charge is 0.456 e. The van der Waals surface area contributed by atoms with E-state index in [4.69, 9.17) is 14.2 Å². The van der Waals surface area contributed by atoms with Crippen LogP contribution in [-0.4, -0.2) is 55.5 Å². The highest BCUT2D eigenvalue weighted by Gasteiger charge is 2.58. The Balaban J connectivity index is 1.36. The first kappa shape index (κ1) is 24.3. The number of anilines is 1. The maximum Gasteiger partial charge on any atom is 0.456 e. The molecule has 1 saturated heterocycles. The third-order valence-electron chi connectivity index (χ3n) is 6.23. The van der Waals surface area contributed by atoms with Crippen molar-refractivity contribution >= 4 is 5.69 Å². The highest BCUT2D eigenvalue weighted by molar-refractivity contribution is 5.59. The fourth-order valence-corrected chi connectivity index (χ4v) is 4.19. The van der Waals surface area contributed by atoms with Gasteiger partial charge in [0.05, 0.1) is 25.6 Å². The van der Waals surface area contributed by atoms with Crippen LogP contribution in [0.15, 0.2) is 24.5 Å². The highest BCUT2D eigenvalue weighted by atomic mass is 19.4.